The number of aromatic nitrogens is 4. The maximum Gasteiger partial charge on any atom is 0.256 e. The monoisotopic (exact) mass is 465 g/mol. The molecule has 4 N–H and O–H groups in total. The van der Waals surface area contributed by atoms with E-state index in [9.17, 15) is 4.79 Å². The molecular weight excluding hydrogens is 445 g/mol. The van der Waals surface area contributed by atoms with Gasteiger partial charge in [0, 0.05) is 23.9 Å². The van der Waals surface area contributed by atoms with Crippen LogP contribution >= 0.6 is 11.6 Å². The number of fused-ring (bicyclic) bond motifs is 1. The lowest BCUT2D eigenvalue weighted by atomic mass is 10.0. The van der Waals surface area contributed by atoms with Gasteiger partial charge >= 0.3 is 0 Å². The Kier molecular flexibility index (Phi) is 5.65. The van der Waals surface area contributed by atoms with Crippen LogP contribution in [0.1, 0.15) is 29.2 Å². The molecule has 0 saturated carbocycles. The third kappa shape index (κ3) is 4.01. The third-order valence-electron chi connectivity index (χ3n) is 5.72. The molecule has 8 nitrogen and oxygen atoms in total. The number of hydrogen-bond donors (Lipinski definition) is 3. The Labute approximate surface area is 194 Å². The molecule has 1 atom stereocenters. The first kappa shape index (κ1) is 21.3. The van der Waals surface area contributed by atoms with Gasteiger partial charge in [-0.3, -0.25) is 9.48 Å². The Bertz CT molecular complexity index is 1340. The van der Waals surface area contributed by atoms with E-state index < -0.39 is 11.7 Å². The molecule has 10 heteroatoms. The topological polar surface area (TPSA) is 111 Å². The van der Waals surface area contributed by atoms with Crippen LogP contribution in [0.25, 0.3) is 22.2 Å². The fourth-order valence-electron chi connectivity index (χ4n) is 4.13. The SMILES string of the molecule is Nc1ncc(Cl)c2c1c(-c1ccc(C(=O)Nc3ccccn3)cc1F)nn2C1CCCNC1. The van der Waals surface area contributed by atoms with Crippen molar-refractivity contribution in [2.75, 3.05) is 24.1 Å². The molecule has 5 rings (SSSR count). The van der Waals surface area contributed by atoms with Crippen molar-refractivity contribution in [3.8, 4) is 11.3 Å². The van der Waals surface area contributed by atoms with E-state index in [0.29, 0.717) is 27.4 Å². The maximum absolute atomic E-state index is 15.3. The van der Waals surface area contributed by atoms with E-state index >= 15 is 4.39 Å². The quantitative estimate of drug-likeness (QED) is 0.419. The smallest absolute Gasteiger partial charge is 0.256 e. The van der Waals surface area contributed by atoms with Gasteiger partial charge in [0.1, 0.15) is 23.1 Å². The Balaban J connectivity index is 1.56. The van der Waals surface area contributed by atoms with Gasteiger partial charge in [-0.25, -0.2) is 14.4 Å². The number of anilines is 2. The number of nitrogen functional groups attached to an aromatic ring is 1. The number of hydrogen-bond acceptors (Lipinski definition) is 6. The summed E-state index contributed by atoms with van der Waals surface area (Å²) in [7, 11) is 0. The van der Waals surface area contributed by atoms with Gasteiger partial charge in [-0.1, -0.05) is 17.7 Å². The minimum absolute atomic E-state index is 0.0563. The van der Waals surface area contributed by atoms with Gasteiger partial charge in [-0.2, -0.15) is 5.10 Å². The molecule has 0 bridgehead atoms. The largest absolute Gasteiger partial charge is 0.383 e. The summed E-state index contributed by atoms with van der Waals surface area (Å²) in [5.41, 5.74) is 7.54. The summed E-state index contributed by atoms with van der Waals surface area (Å²) in [4.78, 5) is 20.8. The summed E-state index contributed by atoms with van der Waals surface area (Å²) in [5.74, 6) is -0.467. The highest BCUT2D eigenvalue weighted by atomic mass is 35.5. The van der Waals surface area contributed by atoms with E-state index in [0.717, 1.165) is 25.9 Å². The van der Waals surface area contributed by atoms with Gasteiger partial charge in [-0.15, -0.1) is 0 Å². The van der Waals surface area contributed by atoms with E-state index in [1.165, 1.54) is 24.4 Å². The number of piperidine rings is 1. The Morgan fingerprint density at radius 2 is 2.15 bits per heavy atom. The molecule has 1 aliphatic rings. The highest BCUT2D eigenvalue weighted by molar-refractivity contribution is 6.35. The van der Waals surface area contributed by atoms with Crippen molar-refractivity contribution in [1.29, 1.82) is 0 Å². The predicted octanol–water partition coefficient (Wildman–Crippen LogP) is 4.04. The second-order valence-electron chi connectivity index (χ2n) is 7.87. The van der Waals surface area contributed by atoms with Crippen molar-refractivity contribution < 1.29 is 9.18 Å². The van der Waals surface area contributed by atoms with Crippen molar-refractivity contribution in [3.05, 3.63) is 65.2 Å². The van der Waals surface area contributed by atoms with Crippen LogP contribution in [0.15, 0.2) is 48.8 Å². The molecule has 1 aliphatic heterocycles. The highest BCUT2D eigenvalue weighted by Gasteiger charge is 2.26. The van der Waals surface area contributed by atoms with Crippen molar-refractivity contribution in [2.45, 2.75) is 18.9 Å². The lowest BCUT2D eigenvalue weighted by Crippen LogP contribution is -2.32. The third-order valence-corrected chi connectivity index (χ3v) is 6.00. The van der Waals surface area contributed by atoms with Crippen molar-refractivity contribution in [1.82, 2.24) is 25.1 Å². The molecule has 1 fully saturated rings. The van der Waals surface area contributed by atoms with Gasteiger partial charge in [0.25, 0.3) is 5.91 Å². The summed E-state index contributed by atoms with van der Waals surface area (Å²) in [6.07, 6.45) is 4.95. The van der Waals surface area contributed by atoms with E-state index in [4.69, 9.17) is 22.4 Å². The van der Waals surface area contributed by atoms with Gasteiger partial charge in [0.15, 0.2) is 0 Å². The Morgan fingerprint density at radius 1 is 1.27 bits per heavy atom. The van der Waals surface area contributed by atoms with E-state index in [2.05, 4.69) is 20.6 Å². The van der Waals surface area contributed by atoms with Crippen LogP contribution in [0.2, 0.25) is 5.02 Å². The Morgan fingerprint density at radius 3 is 2.88 bits per heavy atom. The van der Waals surface area contributed by atoms with Gasteiger partial charge < -0.3 is 16.4 Å². The lowest BCUT2D eigenvalue weighted by molar-refractivity contribution is 0.102. The highest BCUT2D eigenvalue weighted by Crippen LogP contribution is 2.38. The minimum atomic E-state index is -0.601. The van der Waals surface area contributed by atoms with Crippen molar-refractivity contribution in [2.24, 2.45) is 0 Å². The first-order chi connectivity index (χ1) is 16.0. The molecule has 4 heterocycles. The maximum atomic E-state index is 15.3. The molecule has 168 valence electrons. The fourth-order valence-corrected chi connectivity index (χ4v) is 4.36. The van der Waals surface area contributed by atoms with Crippen molar-refractivity contribution >= 4 is 40.0 Å². The first-order valence-electron chi connectivity index (χ1n) is 10.6. The number of carbonyl (C=O) groups is 1. The summed E-state index contributed by atoms with van der Waals surface area (Å²) >= 11 is 6.49. The molecule has 1 amide bonds. The number of amides is 1. The van der Waals surface area contributed by atoms with E-state index in [1.54, 1.807) is 24.4 Å². The van der Waals surface area contributed by atoms with Gasteiger partial charge in [-0.05, 0) is 49.7 Å². The zero-order valence-electron chi connectivity index (χ0n) is 17.6. The number of pyridine rings is 2. The van der Waals surface area contributed by atoms with Crippen LogP contribution in [0.4, 0.5) is 16.0 Å². The zero-order chi connectivity index (χ0) is 22.9. The van der Waals surface area contributed by atoms with Crippen LogP contribution < -0.4 is 16.4 Å². The average Bonchev–Trinajstić information content (AvgIpc) is 3.24. The molecule has 1 saturated heterocycles. The first-order valence-corrected chi connectivity index (χ1v) is 11.0. The number of benzene rings is 1. The summed E-state index contributed by atoms with van der Waals surface area (Å²) < 4.78 is 17.1. The molecule has 3 aromatic heterocycles. The fraction of sp³-hybridized carbons (Fsp3) is 0.217. The van der Waals surface area contributed by atoms with Gasteiger partial charge in [0.05, 0.1) is 28.2 Å². The second kappa shape index (κ2) is 8.76. The van der Waals surface area contributed by atoms with Crippen LogP contribution in [-0.2, 0) is 0 Å². The summed E-state index contributed by atoms with van der Waals surface area (Å²) in [6, 6.07) is 9.44. The van der Waals surface area contributed by atoms with E-state index in [1.807, 2.05) is 4.68 Å². The number of nitrogens with two attached hydrogens (primary N) is 1. The lowest BCUT2D eigenvalue weighted by Gasteiger charge is -2.24. The average molecular weight is 466 g/mol. The van der Waals surface area contributed by atoms with Crippen LogP contribution in [0.5, 0.6) is 0 Å². The van der Waals surface area contributed by atoms with Crippen molar-refractivity contribution in [3.63, 3.8) is 0 Å². The zero-order valence-corrected chi connectivity index (χ0v) is 18.3. The molecule has 33 heavy (non-hydrogen) atoms. The molecule has 4 aromatic rings. The molecule has 1 aromatic carbocycles. The molecular formula is C23H21ClFN7O. The van der Waals surface area contributed by atoms with E-state index in [-0.39, 0.29) is 23.0 Å². The van der Waals surface area contributed by atoms with Crippen LogP contribution in [0, 0.1) is 5.82 Å². The number of nitrogens with one attached hydrogen (secondary N) is 2. The normalized spacial score (nSPS) is 16.1. The molecule has 1 unspecified atom stereocenters. The molecule has 0 aliphatic carbocycles. The summed E-state index contributed by atoms with van der Waals surface area (Å²) in [6.45, 7) is 1.67. The number of nitrogens with zero attached hydrogens (tertiary/aromatic N) is 4. The predicted molar refractivity (Wildman–Crippen MR) is 126 cm³/mol. The number of carbonyl (C=O) groups excluding carboxylic acids is 1. The van der Waals surface area contributed by atoms with Crippen LogP contribution in [0.3, 0.4) is 0 Å². The summed E-state index contributed by atoms with van der Waals surface area (Å²) in [5, 5.41) is 11.6. The van der Waals surface area contributed by atoms with Gasteiger partial charge in [0.2, 0.25) is 0 Å². The second-order valence-corrected chi connectivity index (χ2v) is 8.28. The van der Waals surface area contributed by atoms with Crippen LogP contribution in [-0.4, -0.2) is 38.7 Å². The Hall–Kier alpha value is -3.56. The molecule has 0 radical (unpaired) electrons. The minimum Gasteiger partial charge on any atom is -0.383 e. The standard InChI is InChI=1S/C23H21ClFN7O/c24-16-12-29-22(26)19-20(31-32(21(16)19)14-4-3-8-27-11-14)15-7-6-13(10-17(15)25)23(33)30-18-5-1-2-9-28-18/h1-2,5-7,9-10,12,14,27H,3-4,8,11H2,(H2,26,29)(H,28,30,33). The number of rotatable bonds is 4. The molecule has 0 spiro atoms. The number of halogens is 2.